The molecule has 1 fully saturated rings. The number of nitrogens with one attached hydrogen (secondary N) is 1. The van der Waals surface area contributed by atoms with Gasteiger partial charge in [0.1, 0.15) is 17.5 Å². The molecule has 1 atom stereocenters. The Balaban J connectivity index is 1.78. The van der Waals surface area contributed by atoms with E-state index in [9.17, 15) is 13.6 Å². The number of rotatable bonds is 2. The third-order valence-electron chi connectivity index (χ3n) is 4.85. The zero-order chi connectivity index (χ0) is 16.0. The van der Waals surface area contributed by atoms with Crippen LogP contribution in [0.3, 0.4) is 0 Å². The van der Waals surface area contributed by atoms with Crippen LogP contribution in [-0.4, -0.2) is 15.7 Å². The Morgan fingerprint density at radius 2 is 1.96 bits per heavy atom. The third-order valence-corrected chi connectivity index (χ3v) is 4.85. The number of hydrogen-bond acceptors (Lipinski definition) is 2. The first-order valence-electron chi connectivity index (χ1n) is 7.95. The summed E-state index contributed by atoms with van der Waals surface area (Å²) in [6.45, 7) is 0. The zero-order valence-electron chi connectivity index (χ0n) is 12.6. The molecule has 1 aromatic carbocycles. The zero-order valence-corrected chi connectivity index (χ0v) is 12.6. The van der Waals surface area contributed by atoms with Crippen LogP contribution in [0.1, 0.15) is 55.2 Å². The normalized spacial score (nSPS) is 21.3. The van der Waals surface area contributed by atoms with Crippen molar-refractivity contribution in [1.82, 2.24) is 9.78 Å². The lowest BCUT2D eigenvalue weighted by atomic mass is 9.87. The third kappa shape index (κ3) is 2.42. The van der Waals surface area contributed by atoms with Gasteiger partial charge in [0.25, 0.3) is 0 Å². The Kier molecular flexibility index (Phi) is 3.39. The van der Waals surface area contributed by atoms with Crippen molar-refractivity contribution >= 4 is 11.7 Å². The van der Waals surface area contributed by atoms with E-state index in [1.807, 2.05) is 4.68 Å². The predicted octanol–water partition coefficient (Wildman–Crippen LogP) is 3.75. The van der Waals surface area contributed by atoms with Crippen molar-refractivity contribution in [2.45, 2.75) is 44.1 Å². The molecule has 1 amide bonds. The van der Waals surface area contributed by atoms with Crippen molar-refractivity contribution in [3.8, 4) is 0 Å². The molecule has 1 aliphatic heterocycles. The minimum atomic E-state index is -0.621. The molecule has 2 aromatic rings. The first-order chi connectivity index (χ1) is 11.1. The van der Waals surface area contributed by atoms with Gasteiger partial charge in [0, 0.05) is 24.0 Å². The minimum absolute atomic E-state index is 0.145. The Labute approximate surface area is 132 Å². The van der Waals surface area contributed by atoms with E-state index in [0.717, 1.165) is 37.3 Å². The van der Waals surface area contributed by atoms with Gasteiger partial charge in [0.15, 0.2) is 0 Å². The molecule has 0 bridgehead atoms. The van der Waals surface area contributed by atoms with Gasteiger partial charge in [-0.1, -0.05) is 18.9 Å². The van der Waals surface area contributed by atoms with Gasteiger partial charge in [0.2, 0.25) is 5.91 Å². The van der Waals surface area contributed by atoms with Crippen molar-refractivity contribution < 1.29 is 13.6 Å². The maximum absolute atomic E-state index is 14.2. The van der Waals surface area contributed by atoms with E-state index in [0.29, 0.717) is 11.4 Å². The summed E-state index contributed by atoms with van der Waals surface area (Å²) in [4.78, 5) is 12.1. The Morgan fingerprint density at radius 3 is 2.70 bits per heavy atom. The van der Waals surface area contributed by atoms with Gasteiger partial charge < -0.3 is 5.32 Å². The molecule has 4 nitrogen and oxygen atoms in total. The minimum Gasteiger partial charge on any atom is -0.311 e. The number of halogens is 2. The fourth-order valence-corrected chi connectivity index (χ4v) is 3.73. The molecule has 0 saturated heterocycles. The molecule has 2 aliphatic rings. The van der Waals surface area contributed by atoms with Gasteiger partial charge >= 0.3 is 0 Å². The lowest BCUT2D eigenvalue weighted by Crippen LogP contribution is -2.26. The highest BCUT2D eigenvalue weighted by Gasteiger charge is 2.33. The van der Waals surface area contributed by atoms with Gasteiger partial charge in [-0.3, -0.25) is 4.79 Å². The van der Waals surface area contributed by atoms with E-state index in [1.54, 1.807) is 6.20 Å². The van der Waals surface area contributed by atoms with Gasteiger partial charge in [0.05, 0.1) is 12.2 Å². The van der Waals surface area contributed by atoms with Crippen LogP contribution in [0.15, 0.2) is 24.4 Å². The van der Waals surface area contributed by atoms with Gasteiger partial charge in [-0.05, 0) is 24.5 Å². The second-order valence-corrected chi connectivity index (χ2v) is 6.30. The van der Waals surface area contributed by atoms with Gasteiger partial charge in [-0.15, -0.1) is 0 Å². The molecule has 4 rings (SSSR count). The molecule has 0 spiro atoms. The Morgan fingerprint density at radius 1 is 1.17 bits per heavy atom. The van der Waals surface area contributed by atoms with Crippen LogP contribution in [0.25, 0.3) is 0 Å². The van der Waals surface area contributed by atoms with Crippen molar-refractivity contribution in [2.24, 2.45) is 0 Å². The molecule has 1 aliphatic carbocycles. The average molecular weight is 317 g/mol. The van der Waals surface area contributed by atoms with E-state index in [-0.39, 0.29) is 18.4 Å². The van der Waals surface area contributed by atoms with Crippen LogP contribution in [0.5, 0.6) is 0 Å². The SMILES string of the molecule is O=C1CC(c2ccc(F)cc2F)c2cnn(C3CCCC3)c2N1. The summed E-state index contributed by atoms with van der Waals surface area (Å²) in [5.74, 6) is -1.15. The van der Waals surface area contributed by atoms with Crippen LogP contribution in [0.4, 0.5) is 14.6 Å². The summed E-state index contributed by atoms with van der Waals surface area (Å²) in [6.07, 6.45) is 6.25. The van der Waals surface area contributed by atoms with Crippen LogP contribution in [0, 0.1) is 11.6 Å². The number of fused-ring (bicyclic) bond motifs is 1. The van der Waals surface area contributed by atoms with E-state index in [4.69, 9.17) is 0 Å². The highest BCUT2D eigenvalue weighted by atomic mass is 19.1. The standard InChI is InChI=1S/C17H17F2N3O/c18-10-5-6-12(15(19)7-10)13-8-16(23)21-17-14(13)9-20-22(17)11-3-1-2-4-11/h5-7,9,11,13H,1-4,8H2,(H,21,23). The molecule has 2 heterocycles. The number of carbonyl (C=O) groups is 1. The van der Waals surface area contributed by atoms with Crippen molar-refractivity contribution in [1.29, 1.82) is 0 Å². The molecule has 1 saturated carbocycles. The second kappa shape index (κ2) is 5.44. The number of nitrogens with zero attached hydrogens (tertiary/aromatic N) is 2. The summed E-state index contributed by atoms with van der Waals surface area (Å²) in [7, 11) is 0. The maximum atomic E-state index is 14.2. The molecular weight excluding hydrogens is 300 g/mol. The van der Waals surface area contributed by atoms with Gasteiger partial charge in [-0.25, -0.2) is 13.5 Å². The van der Waals surface area contributed by atoms with Crippen molar-refractivity contribution in [3.05, 3.63) is 47.2 Å². The average Bonchev–Trinajstić information content (AvgIpc) is 3.15. The van der Waals surface area contributed by atoms with E-state index in [2.05, 4.69) is 10.4 Å². The number of carbonyl (C=O) groups excluding carboxylic acids is 1. The maximum Gasteiger partial charge on any atom is 0.226 e. The second-order valence-electron chi connectivity index (χ2n) is 6.30. The smallest absolute Gasteiger partial charge is 0.226 e. The lowest BCUT2D eigenvalue weighted by Gasteiger charge is -2.25. The first kappa shape index (κ1) is 14.4. The van der Waals surface area contributed by atoms with E-state index in [1.165, 1.54) is 12.1 Å². The van der Waals surface area contributed by atoms with Crippen LogP contribution in [0.2, 0.25) is 0 Å². The summed E-state index contributed by atoms with van der Waals surface area (Å²) < 4.78 is 29.2. The number of benzene rings is 1. The molecule has 120 valence electrons. The summed E-state index contributed by atoms with van der Waals surface area (Å²) in [6, 6.07) is 3.80. The largest absolute Gasteiger partial charge is 0.311 e. The summed E-state index contributed by atoms with van der Waals surface area (Å²) in [5.41, 5.74) is 1.15. The highest BCUT2D eigenvalue weighted by molar-refractivity contribution is 5.94. The summed E-state index contributed by atoms with van der Waals surface area (Å²) in [5, 5.41) is 7.32. The first-order valence-corrected chi connectivity index (χ1v) is 7.95. The highest BCUT2D eigenvalue weighted by Crippen LogP contribution is 2.41. The predicted molar refractivity (Wildman–Crippen MR) is 81.2 cm³/mol. The number of amides is 1. The summed E-state index contributed by atoms with van der Waals surface area (Å²) >= 11 is 0. The van der Waals surface area contributed by atoms with Crippen LogP contribution in [-0.2, 0) is 4.79 Å². The Bertz CT molecular complexity index is 765. The molecule has 1 unspecified atom stereocenters. The molecule has 1 N–H and O–H groups in total. The van der Waals surface area contributed by atoms with Crippen LogP contribution >= 0.6 is 0 Å². The fourth-order valence-electron chi connectivity index (χ4n) is 3.73. The molecule has 1 aromatic heterocycles. The number of hydrogen-bond donors (Lipinski definition) is 1. The lowest BCUT2D eigenvalue weighted by molar-refractivity contribution is -0.116. The molecular formula is C17H17F2N3O. The fraction of sp³-hybridized carbons (Fsp3) is 0.412. The monoisotopic (exact) mass is 317 g/mol. The Hall–Kier alpha value is -2.24. The molecule has 0 radical (unpaired) electrons. The van der Waals surface area contributed by atoms with Crippen molar-refractivity contribution in [2.75, 3.05) is 5.32 Å². The quantitative estimate of drug-likeness (QED) is 0.917. The van der Waals surface area contributed by atoms with E-state index >= 15 is 0 Å². The van der Waals surface area contributed by atoms with E-state index < -0.39 is 17.6 Å². The number of aromatic nitrogens is 2. The topological polar surface area (TPSA) is 46.9 Å². The van der Waals surface area contributed by atoms with Gasteiger partial charge in [-0.2, -0.15) is 5.10 Å². The van der Waals surface area contributed by atoms with Crippen molar-refractivity contribution in [3.63, 3.8) is 0 Å². The molecule has 6 heteroatoms. The van der Waals surface area contributed by atoms with Crippen LogP contribution < -0.4 is 5.32 Å². The molecule has 23 heavy (non-hydrogen) atoms. The number of anilines is 1.